The minimum absolute atomic E-state index is 0.0291. The molecular weight excluding hydrogens is 383 g/mol. The Hall–Kier alpha value is -2.87. The van der Waals surface area contributed by atoms with Crippen LogP contribution in [0.25, 0.3) is 0 Å². The number of rotatable bonds is 8. The van der Waals surface area contributed by atoms with Gasteiger partial charge in [-0.25, -0.2) is 13.2 Å². The summed E-state index contributed by atoms with van der Waals surface area (Å²) >= 11 is 0. The van der Waals surface area contributed by atoms with Crippen LogP contribution in [0.4, 0.5) is 18.9 Å². The maximum Gasteiger partial charge on any atom is 0.238 e. The van der Waals surface area contributed by atoms with Crippen LogP contribution >= 0.6 is 0 Å². The molecule has 2 aromatic carbocycles. The van der Waals surface area contributed by atoms with Gasteiger partial charge in [-0.1, -0.05) is 30.3 Å². The Balaban J connectivity index is 1.94. The third-order valence-corrected chi connectivity index (χ3v) is 4.27. The van der Waals surface area contributed by atoms with Gasteiger partial charge in [-0.2, -0.15) is 0 Å². The van der Waals surface area contributed by atoms with Gasteiger partial charge in [-0.15, -0.1) is 0 Å². The van der Waals surface area contributed by atoms with Crippen LogP contribution in [0.5, 0.6) is 0 Å². The average molecular weight is 407 g/mol. The zero-order valence-electron chi connectivity index (χ0n) is 16.6. The lowest BCUT2D eigenvalue weighted by atomic mass is 10.2. The summed E-state index contributed by atoms with van der Waals surface area (Å²) in [4.78, 5) is 27.9. The molecule has 156 valence electrons. The van der Waals surface area contributed by atoms with Crippen molar-refractivity contribution in [3.05, 3.63) is 65.5 Å². The van der Waals surface area contributed by atoms with Gasteiger partial charge < -0.3 is 10.2 Å². The van der Waals surface area contributed by atoms with Crippen LogP contribution < -0.4 is 5.32 Å². The Morgan fingerprint density at radius 2 is 1.62 bits per heavy atom. The zero-order valence-corrected chi connectivity index (χ0v) is 16.6. The number of halogens is 3. The highest BCUT2D eigenvalue weighted by molar-refractivity contribution is 5.92. The van der Waals surface area contributed by atoms with E-state index < -0.39 is 29.0 Å². The third-order valence-electron chi connectivity index (χ3n) is 4.27. The van der Waals surface area contributed by atoms with E-state index in [0.29, 0.717) is 6.54 Å². The molecular formula is C21H24F3N3O2. The minimum Gasteiger partial charge on any atom is -0.335 e. The summed E-state index contributed by atoms with van der Waals surface area (Å²) in [5.74, 6) is -5.27. The van der Waals surface area contributed by atoms with Crippen molar-refractivity contribution in [1.82, 2.24) is 9.80 Å². The summed E-state index contributed by atoms with van der Waals surface area (Å²) < 4.78 is 39.9. The van der Waals surface area contributed by atoms with E-state index in [2.05, 4.69) is 5.32 Å². The van der Waals surface area contributed by atoms with Gasteiger partial charge in [0.1, 0.15) is 0 Å². The standard InChI is InChI=1S/C21H24F3N3O2/c1-14(2)27(11-15-7-5-4-6-8-15)19(29)13-26(3)12-18(28)25-17-10-9-16(22)20(23)21(17)24/h4-10,14H,11-13H2,1-3H3,(H,25,28). The summed E-state index contributed by atoms with van der Waals surface area (Å²) in [6.45, 7) is 4.00. The highest BCUT2D eigenvalue weighted by atomic mass is 19.2. The monoisotopic (exact) mass is 407 g/mol. The molecule has 0 aromatic heterocycles. The summed E-state index contributed by atoms with van der Waals surface area (Å²) in [6, 6.07) is 11.2. The second kappa shape index (κ2) is 10.1. The van der Waals surface area contributed by atoms with E-state index in [1.54, 1.807) is 11.9 Å². The smallest absolute Gasteiger partial charge is 0.238 e. The van der Waals surface area contributed by atoms with Gasteiger partial charge in [0, 0.05) is 12.6 Å². The van der Waals surface area contributed by atoms with E-state index in [9.17, 15) is 22.8 Å². The molecule has 0 unspecified atom stereocenters. The van der Waals surface area contributed by atoms with Crippen LogP contribution in [0.2, 0.25) is 0 Å². The van der Waals surface area contributed by atoms with E-state index in [-0.39, 0.29) is 25.0 Å². The van der Waals surface area contributed by atoms with E-state index >= 15 is 0 Å². The van der Waals surface area contributed by atoms with Crippen molar-refractivity contribution >= 4 is 17.5 Å². The van der Waals surface area contributed by atoms with Crippen LogP contribution in [-0.2, 0) is 16.1 Å². The van der Waals surface area contributed by atoms with E-state index in [1.165, 1.54) is 4.90 Å². The molecule has 0 saturated carbocycles. The molecule has 0 aliphatic heterocycles. The second-order valence-electron chi connectivity index (χ2n) is 7.04. The molecule has 2 amide bonds. The number of nitrogens with one attached hydrogen (secondary N) is 1. The molecule has 29 heavy (non-hydrogen) atoms. The van der Waals surface area contributed by atoms with Crippen molar-refractivity contribution in [2.45, 2.75) is 26.4 Å². The molecule has 0 fully saturated rings. The first-order valence-corrected chi connectivity index (χ1v) is 9.14. The highest BCUT2D eigenvalue weighted by Crippen LogP contribution is 2.19. The Morgan fingerprint density at radius 3 is 2.24 bits per heavy atom. The average Bonchev–Trinajstić information content (AvgIpc) is 2.66. The Morgan fingerprint density at radius 1 is 0.966 bits per heavy atom. The molecule has 2 aromatic rings. The molecule has 8 heteroatoms. The largest absolute Gasteiger partial charge is 0.335 e. The molecule has 0 heterocycles. The number of carbonyl (C=O) groups is 2. The molecule has 0 atom stereocenters. The maximum absolute atomic E-state index is 13.7. The molecule has 5 nitrogen and oxygen atoms in total. The molecule has 0 radical (unpaired) electrons. The lowest BCUT2D eigenvalue weighted by molar-refractivity contribution is -0.134. The SMILES string of the molecule is CC(C)N(Cc1ccccc1)C(=O)CN(C)CC(=O)Nc1ccc(F)c(F)c1F. The number of likely N-dealkylation sites (N-methyl/N-ethyl adjacent to an activating group) is 1. The van der Waals surface area contributed by atoms with Crippen LogP contribution in [0.1, 0.15) is 19.4 Å². The van der Waals surface area contributed by atoms with E-state index in [0.717, 1.165) is 17.7 Å². The Labute approximate surface area is 168 Å². The Bertz CT molecular complexity index is 860. The van der Waals surface area contributed by atoms with Gasteiger partial charge in [0.2, 0.25) is 11.8 Å². The fourth-order valence-corrected chi connectivity index (χ4v) is 2.77. The van der Waals surface area contributed by atoms with Crippen molar-refractivity contribution in [3.63, 3.8) is 0 Å². The number of hydrogen-bond donors (Lipinski definition) is 1. The second-order valence-corrected chi connectivity index (χ2v) is 7.04. The normalized spacial score (nSPS) is 11.0. The molecule has 0 spiro atoms. The molecule has 0 aliphatic carbocycles. The van der Waals surface area contributed by atoms with Gasteiger partial charge in [-0.05, 0) is 38.6 Å². The fraction of sp³-hybridized carbons (Fsp3) is 0.333. The third kappa shape index (κ3) is 6.32. The first kappa shape index (κ1) is 22.4. The molecule has 0 bridgehead atoms. The molecule has 1 N–H and O–H groups in total. The maximum atomic E-state index is 13.7. The van der Waals surface area contributed by atoms with Crippen molar-refractivity contribution in [2.75, 3.05) is 25.5 Å². The quantitative estimate of drug-likeness (QED) is 0.683. The van der Waals surface area contributed by atoms with Crippen LogP contribution in [0.3, 0.4) is 0 Å². The van der Waals surface area contributed by atoms with Crippen molar-refractivity contribution in [1.29, 1.82) is 0 Å². The predicted molar refractivity (Wildman–Crippen MR) is 105 cm³/mol. The first-order chi connectivity index (χ1) is 13.7. The number of nitrogens with zero attached hydrogens (tertiary/aromatic N) is 2. The number of anilines is 1. The van der Waals surface area contributed by atoms with Gasteiger partial charge in [0.05, 0.1) is 18.8 Å². The van der Waals surface area contributed by atoms with Crippen LogP contribution in [0.15, 0.2) is 42.5 Å². The van der Waals surface area contributed by atoms with Crippen LogP contribution in [-0.4, -0.2) is 47.8 Å². The lowest BCUT2D eigenvalue weighted by Gasteiger charge is -2.29. The lowest BCUT2D eigenvalue weighted by Crippen LogP contribution is -2.44. The van der Waals surface area contributed by atoms with Crippen molar-refractivity contribution < 1.29 is 22.8 Å². The van der Waals surface area contributed by atoms with E-state index in [4.69, 9.17) is 0 Å². The number of carbonyl (C=O) groups excluding carboxylic acids is 2. The highest BCUT2D eigenvalue weighted by Gasteiger charge is 2.21. The number of hydrogen-bond acceptors (Lipinski definition) is 3. The van der Waals surface area contributed by atoms with Gasteiger partial charge in [-0.3, -0.25) is 14.5 Å². The molecule has 0 aliphatic rings. The summed E-state index contributed by atoms with van der Waals surface area (Å²) in [5, 5.41) is 2.19. The summed E-state index contributed by atoms with van der Waals surface area (Å²) in [5.41, 5.74) is 0.533. The topological polar surface area (TPSA) is 52.7 Å². The van der Waals surface area contributed by atoms with Crippen molar-refractivity contribution in [2.24, 2.45) is 0 Å². The Kier molecular flexibility index (Phi) is 7.78. The first-order valence-electron chi connectivity index (χ1n) is 9.14. The predicted octanol–water partition coefficient (Wildman–Crippen LogP) is 3.41. The zero-order chi connectivity index (χ0) is 21.6. The van der Waals surface area contributed by atoms with Gasteiger partial charge >= 0.3 is 0 Å². The molecule has 2 rings (SSSR count). The van der Waals surface area contributed by atoms with Gasteiger partial charge in [0.15, 0.2) is 17.5 Å². The fourth-order valence-electron chi connectivity index (χ4n) is 2.77. The number of benzene rings is 2. The summed E-state index contributed by atoms with van der Waals surface area (Å²) in [6.07, 6.45) is 0. The van der Waals surface area contributed by atoms with E-state index in [1.807, 2.05) is 44.2 Å². The summed E-state index contributed by atoms with van der Waals surface area (Å²) in [7, 11) is 1.57. The minimum atomic E-state index is -1.65. The van der Waals surface area contributed by atoms with Crippen molar-refractivity contribution in [3.8, 4) is 0 Å². The number of amides is 2. The molecule has 0 saturated heterocycles. The van der Waals surface area contributed by atoms with Gasteiger partial charge in [0.25, 0.3) is 0 Å². The van der Waals surface area contributed by atoms with Crippen LogP contribution in [0, 0.1) is 17.5 Å².